The molecule has 2 heterocycles. The summed E-state index contributed by atoms with van der Waals surface area (Å²) in [4.78, 5) is 30.5. The van der Waals surface area contributed by atoms with Crippen LogP contribution in [0.15, 0.2) is 73.1 Å². The third kappa shape index (κ3) is 4.86. The molecular weight excluding hydrogens is 348 g/mol. The maximum Gasteiger partial charge on any atom is 0.178 e. The molecule has 0 saturated carbocycles. The van der Waals surface area contributed by atoms with Crippen LogP contribution >= 0.6 is 0 Å². The largest absolute Gasteiger partial charge is 0.293 e. The quantitative estimate of drug-likeness (QED) is 0.411. The number of rotatable bonds is 2. The molecule has 142 valence electrons. The van der Waals surface area contributed by atoms with E-state index < -0.39 is 0 Å². The van der Waals surface area contributed by atoms with Gasteiger partial charge in [-0.3, -0.25) is 19.6 Å². The number of carbonyl (C=O) groups excluding carboxylic acids is 2. The van der Waals surface area contributed by atoms with E-state index >= 15 is 0 Å². The molecule has 28 heavy (non-hydrogen) atoms. The van der Waals surface area contributed by atoms with Crippen LogP contribution in [0.1, 0.15) is 48.7 Å². The van der Waals surface area contributed by atoms with Crippen molar-refractivity contribution < 1.29 is 9.59 Å². The molecule has 0 aliphatic heterocycles. The highest BCUT2D eigenvalue weighted by Gasteiger charge is 2.05. The highest BCUT2D eigenvalue weighted by molar-refractivity contribution is 6.05. The lowest BCUT2D eigenvalue weighted by atomic mass is 10.1. The number of pyridine rings is 2. The Bertz CT molecular complexity index is 1000. The monoisotopic (exact) mass is 372 g/mol. The second kappa shape index (κ2) is 10.1. The second-order valence-electron chi connectivity index (χ2n) is 5.87. The van der Waals surface area contributed by atoms with E-state index in [1.165, 1.54) is 13.8 Å². The van der Waals surface area contributed by atoms with Crippen molar-refractivity contribution in [3.05, 3.63) is 84.4 Å². The van der Waals surface area contributed by atoms with Gasteiger partial charge < -0.3 is 0 Å². The Kier molecular flexibility index (Phi) is 7.52. The number of aromatic nitrogens is 2. The fraction of sp³-hybridized carbons (Fsp3) is 0.167. The van der Waals surface area contributed by atoms with Gasteiger partial charge in [-0.1, -0.05) is 62.4 Å². The van der Waals surface area contributed by atoms with E-state index in [1.807, 2.05) is 74.5 Å². The van der Waals surface area contributed by atoms with Gasteiger partial charge in [0.2, 0.25) is 0 Å². The summed E-state index contributed by atoms with van der Waals surface area (Å²) in [6, 6.07) is 19.3. The van der Waals surface area contributed by atoms with Gasteiger partial charge in [-0.25, -0.2) is 0 Å². The molecule has 4 heteroatoms. The smallest absolute Gasteiger partial charge is 0.178 e. The molecule has 0 N–H and O–H groups in total. The van der Waals surface area contributed by atoms with E-state index in [9.17, 15) is 9.59 Å². The fourth-order valence-electron chi connectivity index (χ4n) is 2.80. The number of Topliss-reactive ketones (excluding diaryl/α,β-unsaturated/α-hetero) is 2. The average molecular weight is 372 g/mol. The van der Waals surface area contributed by atoms with Gasteiger partial charge in [0.25, 0.3) is 0 Å². The zero-order valence-corrected chi connectivity index (χ0v) is 16.6. The summed E-state index contributed by atoms with van der Waals surface area (Å²) >= 11 is 0. The molecule has 0 amide bonds. The molecule has 0 unspecified atom stereocenters. The average Bonchev–Trinajstić information content (AvgIpc) is 2.74. The van der Waals surface area contributed by atoms with Crippen LogP contribution in [0.4, 0.5) is 0 Å². The van der Waals surface area contributed by atoms with Crippen molar-refractivity contribution >= 4 is 33.1 Å². The molecule has 0 fully saturated rings. The second-order valence-corrected chi connectivity index (χ2v) is 5.87. The van der Waals surface area contributed by atoms with Gasteiger partial charge in [0.05, 0.1) is 0 Å². The van der Waals surface area contributed by atoms with E-state index in [1.54, 1.807) is 12.4 Å². The predicted octanol–water partition coefficient (Wildman–Crippen LogP) is 5.90. The van der Waals surface area contributed by atoms with Crippen molar-refractivity contribution in [1.29, 1.82) is 0 Å². The molecule has 2 aromatic heterocycles. The summed E-state index contributed by atoms with van der Waals surface area (Å²) < 4.78 is 0. The molecule has 4 nitrogen and oxygen atoms in total. The lowest BCUT2D eigenvalue weighted by Crippen LogP contribution is -1.96. The van der Waals surface area contributed by atoms with Gasteiger partial charge in [0, 0.05) is 37.0 Å². The molecule has 0 bridgehead atoms. The van der Waals surface area contributed by atoms with Crippen LogP contribution in [0.5, 0.6) is 0 Å². The van der Waals surface area contributed by atoms with Gasteiger partial charge >= 0.3 is 0 Å². The first-order chi connectivity index (χ1) is 13.6. The van der Waals surface area contributed by atoms with E-state index in [4.69, 9.17) is 0 Å². The standard InChI is InChI=1S/2C11H9NO.C2H6/c2*1-8(13)11-10-5-3-2-4-9(10)6-7-12-11;1-2/h2*2-7H,1H3;1-2H3. The fourth-order valence-corrected chi connectivity index (χ4v) is 2.80. The van der Waals surface area contributed by atoms with Crippen LogP contribution in [0, 0.1) is 0 Å². The minimum absolute atomic E-state index is 0.0109. The van der Waals surface area contributed by atoms with Crippen LogP contribution in [-0.2, 0) is 0 Å². The molecule has 0 radical (unpaired) electrons. The van der Waals surface area contributed by atoms with E-state index in [0.717, 1.165) is 21.5 Å². The van der Waals surface area contributed by atoms with Crippen molar-refractivity contribution in [1.82, 2.24) is 9.97 Å². The lowest BCUT2D eigenvalue weighted by Gasteiger charge is -2.00. The van der Waals surface area contributed by atoms with E-state index in [-0.39, 0.29) is 11.6 Å². The number of benzene rings is 2. The van der Waals surface area contributed by atoms with Crippen molar-refractivity contribution in [3.63, 3.8) is 0 Å². The molecule has 0 saturated heterocycles. The highest BCUT2D eigenvalue weighted by Crippen LogP contribution is 2.17. The SMILES string of the molecule is CC.CC(=O)c1nccc2ccccc12.CC(=O)c1nccc2ccccc12. The Labute approximate surface area is 165 Å². The molecule has 4 rings (SSSR count). The molecule has 0 aliphatic carbocycles. The van der Waals surface area contributed by atoms with Gasteiger partial charge in [-0.05, 0) is 22.9 Å². The van der Waals surface area contributed by atoms with Crippen LogP contribution in [-0.4, -0.2) is 21.5 Å². The number of hydrogen-bond acceptors (Lipinski definition) is 4. The minimum atomic E-state index is 0.0109. The number of fused-ring (bicyclic) bond motifs is 2. The first kappa shape index (κ1) is 20.9. The third-order valence-corrected chi connectivity index (χ3v) is 4.01. The zero-order valence-electron chi connectivity index (χ0n) is 16.6. The van der Waals surface area contributed by atoms with Crippen molar-refractivity contribution in [3.8, 4) is 0 Å². The molecule has 0 atom stereocenters. The van der Waals surface area contributed by atoms with Crippen molar-refractivity contribution in [2.75, 3.05) is 0 Å². The number of carbonyl (C=O) groups is 2. The van der Waals surface area contributed by atoms with Gasteiger partial charge in [0.15, 0.2) is 11.6 Å². The summed E-state index contributed by atoms with van der Waals surface area (Å²) in [7, 11) is 0. The number of hydrogen-bond donors (Lipinski definition) is 0. The Hall–Kier alpha value is -3.40. The molecule has 0 aliphatic rings. The summed E-state index contributed by atoms with van der Waals surface area (Å²) in [6.07, 6.45) is 3.33. The summed E-state index contributed by atoms with van der Waals surface area (Å²) in [5.74, 6) is 0.0219. The van der Waals surface area contributed by atoms with Crippen LogP contribution < -0.4 is 0 Å². The van der Waals surface area contributed by atoms with Crippen LogP contribution in [0.2, 0.25) is 0 Å². The molecule has 0 spiro atoms. The van der Waals surface area contributed by atoms with Crippen molar-refractivity contribution in [2.24, 2.45) is 0 Å². The molecule has 4 aromatic rings. The summed E-state index contributed by atoms with van der Waals surface area (Å²) in [5, 5.41) is 3.97. The first-order valence-corrected chi connectivity index (χ1v) is 9.27. The Morgan fingerprint density at radius 2 is 0.964 bits per heavy atom. The molecule has 2 aromatic carbocycles. The third-order valence-electron chi connectivity index (χ3n) is 4.01. The topological polar surface area (TPSA) is 59.9 Å². The summed E-state index contributed by atoms with van der Waals surface area (Å²) in [5.41, 5.74) is 1.11. The minimum Gasteiger partial charge on any atom is -0.293 e. The highest BCUT2D eigenvalue weighted by atomic mass is 16.1. The predicted molar refractivity (Wildman–Crippen MR) is 115 cm³/mol. The lowest BCUT2D eigenvalue weighted by molar-refractivity contribution is 0.100. The Morgan fingerprint density at radius 1 is 0.607 bits per heavy atom. The number of ketones is 2. The Morgan fingerprint density at radius 3 is 1.32 bits per heavy atom. The maximum atomic E-state index is 11.2. The normalized spacial score (nSPS) is 9.71. The zero-order chi connectivity index (χ0) is 20.5. The van der Waals surface area contributed by atoms with E-state index in [0.29, 0.717) is 11.4 Å². The Balaban J connectivity index is 0.000000184. The van der Waals surface area contributed by atoms with Gasteiger partial charge in [-0.15, -0.1) is 0 Å². The van der Waals surface area contributed by atoms with Gasteiger partial charge in [-0.2, -0.15) is 0 Å². The first-order valence-electron chi connectivity index (χ1n) is 9.27. The molecular formula is C24H24N2O2. The van der Waals surface area contributed by atoms with Crippen LogP contribution in [0.25, 0.3) is 21.5 Å². The van der Waals surface area contributed by atoms with Crippen LogP contribution in [0.3, 0.4) is 0 Å². The van der Waals surface area contributed by atoms with Gasteiger partial charge in [0.1, 0.15) is 11.4 Å². The summed E-state index contributed by atoms with van der Waals surface area (Å²) in [6.45, 7) is 7.07. The van der Waals surface area contributed by atoms with Crippen molar-refractivity contribution in [2.45, 2.75) is 27.7 Å². The number of nitrogens with zero attached hydrogens (tertiary/aromatic N) is 2. The van der Waals surface area contributed by atoms with E-state index in [2.05, 4.69) is 9.97 Å². The maximum absolute atomic E-state index is 11.2.